The summed E-state index contributed by atoms with van der Waals surface area (Å²) in [5.41, 5.74) is 4.35. The molecule has 3 aromatic carbocycles. The average molecular weight is 581 g/mol. The molecule has 0 unspecified atom stereocenters. The Morgan fingerprint density at radius 2 is 1.40 bits per heavy atom. The molecule has 0 aliphatic carbocycles. The van der Waals surface area contributed by atoms with Crippen LogP contribution in [0, 0.1) is 11.8 Å². The van der Waals surface area contributed by atoms with E-state index in [2.05, 4.69) is 50.2 Å². The van der Waals surface area contributed by atoms with Gasteiger partial charge in [-0.1, -0.05) is 122 Å². The van der Waals surface area contributed by atoms with E-state index >= 15 is 0 Å². The molecule has 43 heavy (non-hydrogen) atoms. The summed E-state index contributed by atoms with van der Waals surface area (Å²) in [7, 11) is 1.39. The van der Waals surface area contributed by atoms with Gasteiger partial charge in [-0.25, -0.2) is 4.79 Å². The van der Waals surface area contributed by atoms with Crippen molar-refractivity contribution in [2.45, 2.75) is 64.6 Å². The van der Waals surface area contributed by atoms with Gasteiger partial charge in [0.15, 0.2) is 0 Å². The number of hydrogen-bond donors (Lipinski definition) is 0. The highest BCUT2D eigenvalue weighted by atomic mass is 16.6. The second-order valence-electron chi connectivity index (χ2n) is 11.7. The van der Waals surface area contributed by atoms with Crippen LogP contribution in [0.5, 0.6) is 0 Å². The van der Waals surface area contributed by atoms with Crippen LogP contribution in [0.4, 0.5) is 0 Å². The molecule has 0 spiro atoms. The highest BCUT2D eigenvalue weighted by Crippen LogP contribution is 2.42. The van der Waals surface area contributed by atoms with Crippen molar-refractivity contribution in [2.24, 2.45) is 11.8 Å². The first-order valence-electron chi connectivity index (χ1n) is 15.3. The molecule has 0 amide bonds. The summed E-state index contributed by atoms with van der Waals surface area (Å²) in [6.07, 6.45) is 8.38. The zero-order valence-electron chi connectivity index (χ0n) is 25.8. The Kier molecular flexibility index (Phi) is 11.5. The van der Waals surface area contributed by atoms with Gasteiger partial charge in [0.1, 0.15) is 17.6 Å². The van der Waals surface area contributed by atoms with E-state index in [4.69, 9.17) is 14.2 Å². The van der Waals surface area contributed by atoms with Gasteiger partial charge in [0.25, 0.3) is 0 Å². The number of unbranched alkanes of at least 4 members (excludes halogenated alkanes) is 1. The molecule has 3 aromatic rings. The van der Waals surface area contributed by atoms with E-state index < -0.39 is 5.60 Å². The number of carbonyl (C=O) groups excluding carboxylic acids is 2. The number of esters is 2. The van der Waals surface area contributed by atoms with Gasteiger partial charge in [-0.05, 0) is 61.3 Å². The monoisotopic (exact) mass is 580 g/mol. The van der Waals surface area contributed by atoms with Crippen molar-refractivity contribution in [3.63, 3.8) is 0 Å². The van der Waals surface area contributed by atoms with Crippen molar-refractivity contribution >= 4 is 11.9 Å². The summed E-state index contributed by atoms with van der Waals surface area (Å²) in [6.45, 7) is 6.55. The lowest BCUT2D eigenvalue weighted by molar-refractivity contribution is -0.194. The quantitative estimate of drug-likeness (QED) is 0.0596. The van der Waals surface area contributed by atoms with Crippen LogP contribution >= 0.6 is 0 Å². The van der Waals surface area contributed by atoms with Gasteiger partial charge in [0, 0.05) is 6.08 Å². The average Bonchev–Trinajstić information content (AvgIpc) is 3.01. The molecule has 0 radical (unpaired) electrons. The van der Waals surface area contributed by atoms with Crippen LogP contribution in [0.2, 0.25) is 0 Å². The Morgan fingerprint density at radius 1 is 0.860 bits per heavy atom. The first-order chi connectivity index (χ1) is 20.8. The molecule has 0 N–H and O–H groups in total. The highest BCUT2D eigenvalue weighted by Gasteiger charge is 2.45. The molecule has 0 saturated carbocycles. The molecule has 1 fully saturated rings. The first-order valence-corrected chi connectivity index (χ1v) is 15.3. The Bertz CT molecular complexity index is 1280. The fourth-order valence-corrected chi connectivity index (χ4v) is 6.04. The van der Waals surface area contributed by atoms with Crippen LogP contribution in [0.3, 0.4) is 0 Å². The van der Waals surface area contributed by atoms with Crippen LogP contribution in [0.25, 0.3) is 0 Å². The zero-order chi connectivity index (χ0) is 30.7. The zero-order valence-corrected chi connectivity index (χ0v) is 25.8. The summed E-state index contributed by atoms with van der Waals surface area (Å²) < 4.78 is 17.2. The van der Waals surface area contributed by atoms with Gasteiger partial charge in [-0.3, -0.25) is 4.79 Å². The number of ether oxygens (including phenoxy) is 3. The van der Waals surface area contributed by atoms with Crippen LogP contribution < -0.4 is 0 Å². The van der Waals surface area contributed by atoms with Gasteiger partial charge in [0.05, 0.1) is 13.7 Å². The Morgan fingerprint density at radius 3 is 1.88 bits per heavy atom. The minimum absolute atomic E-state index is 0.129. The van der Waals surface area contributed by atoms with E-state index in [0.717, 1.165) is 54.4 Å². The van der Waals surface area contributed by atoms with Crippen LogP contribution in [0.15, 0.2) is 114 Å². The third-order valence-electron chi connectivity index (χ3n) is 8.17. The maximum Gasteiger partial charge on any atom is 0.330 e. The van der Waals surface area contributed by atoms with Gasteiger partial charge < -0.3 is 14.2 Å². The molecule has 3 atom stereocenters. The summed E-state index contributed by atoms with van der Waals surface area (Å²) in [6, 6.07) is 30.7. The first kappa shape index (κ1) is 32.0. The predicted molar refractivity (Wildman–Crippen MR) is 170 cm³/mol. The topological polar surface area (TPSA) is 61.8 Å². The SMILES string of the molecule is COC(=O)C=C(C)C=C(C)C[C@H](C)CCCC[C@@H]1OC(=O)[C@H]1COC(c1ccccc1)(c1ccccc1)c1ccccc1. The minimum Gasteiger partial charge on any atom is -0.466 e. The number of methoxy groups -OCH3 is 1. The molecule has 1 aliphatic heterocycles. The van der Waals surface area contributed by atoms with Gasteiger partial charge in [-0.2, -0.15) is 0 Å². The third-order valence-corrected chi connectivity index (χ3v) is 8.17. The number of allylic oxidation sites excluding steroid dienone is 3. The predicted octanol–water partition coefficient (Wildman–Crippen LogP) is 8.19. The maximum atomic E-state index is 12.7. The molecule has 0 bridgehead atoms. The lowest BCUT2D eigenvalue weighted by Crippen LogP contribution is -2.49. The summed E-state index contributed by atoms with van der Waals surface area (Å²) in [4.78, 5) is 24.1. The molecule has 1 heterocycles. The second-order valence-corrected chi connectivity index (χ2v) is 11.7. The standard InChI is InChI=1S/C38H44O5/c1-28(24-29(2)25-30(3)26-36(39)41-4)16-14-15-23-35-34(37(40)43-35)27-42-38(31-17-8-5-9-18-31,32-19-10-6-11-20-32)33-21-12-7-13-22-33/h5-13,17-22,25-26,28,34-35H,14-16,23-24,27H2,1-4H3/t28-,34+,35+/m1/s1. The molecule has 1 aliphatic rings. The smallest absolute Gasteiger partial charge is 0.330 e. The fourth-order valence-electron chi connectivity index (χ4n) is 6.04. The van der Waals surface area contributed by atoms with Gasteiger partial charge in [0.2, 0.25) is 0 Å². The van der Waals surface area contributed by atoms with Crippen molar-refractivity contribution in [1.29, 1.82) is 0 Å². The van der Waals surface area contributed by atoms with Crippen LogP contribution in [-0.2, 0) is 29.4 Å². The maximum absolute atomic E-state index is 12.7. The number of rotatable bonds is 15. The lowest BCUT2D eigenvalue weighted by Gasteiger charge is -2.40. The summed E-state index contributed by atoms with van der Waals surface area (Å²) >= 11 is 0. The van der Waals surface area contributed by atoms with Crippen molar-refractivity contribution in [3.05, 3.63) is 131 Å². The minimum atomic E-state index is -0.852. The normalized spacial score (nSPS) is 18.0. The van der Waals surface area contributed by atoms with Crippen molar-refractivity contribution in [1.82, 2.24) is 0 Å². The molecule has 226 valence electrons. The molecule has 4 rings (SSSR count). The van der Waals surface area contributed by atoms with E-state index in [-0.39, 0.29) is 30.6 Å². The van der Waals surface area contributed by atoms with Crippen molar-refractivity contribution in [2.75, 3.05) is 13.7 Å². The second kappa shape index (κ2) is 15.5. The van der Waals surface area contributed by atoms with Crippen molar-refractivity contribution < 1.29 is 23.8 Å². The molecular weight excluding hydrogens is 536 g/mol. The molecular formula is C38H44O5. The van der Waals surface area contributed by atoms with E-state index in [1.807, 2.05) is 67.6 Å². The van der Waals surface area contributed by atoms with E-state index in [9.17, 15) is 9.59 Å². The molecule has 1 saturated heterocycles. The van der Waals surface area contributed by atoms with Gasteiger partial charge >= 0.3 is 11.9 Å². The number of carbonyl (C=O) groups is 2. The number of benzene rings is 3. The van der Waals surface area contributed by atoms with E-state index in [0.29, 0.717) is 5.92 Å². The largest absolute Gasteiger partial charge is 0.466 e. The third kappa shape index (κ3) is 8.32. The van der Waals surface area contributed by atoms with E-state index in [1.165, 1.54) is 18.8 Å². The fraction of sp³-hybridized carbons (Fsp3) is 0.368. The van der Waals surface area contributed by atoms with Gasteiger partial charge in [-0.15, -0.1) is 0 Å². The highest BCUT2D eigenvalue weighted by molar-refractivity contribution is 5.83. The Labute approximate surface area is 256 Å². The molecule has 0 aromatic heterocycles. The Hall–Kier alpha value is -3.96. The van der Waals surface area contributed by atoms with Crippen LogP contribution in [-0.4, -0.2) is 31.8 Å². The number of hydrogen-bond acceptors (Lipinski definition) is 5. The number of cyclic esters (lactones) is 1. The van der Waals surface area contributed by atoms with Crippen molar-refractivity contribution in [3.8, 4) is 0 Å². The molecule has 5 nitrogen and oxygen atoms in total. The lowest BCUT2D eigenvalue weighted by atomic mass is 9.79. The Balaban J connectivity index is 1.37. The van der Waals surface area contributed by atoms with Crippen LogP contribution in [0.1, 0.15) is 69.6 Å². The van der Waals surface area contributed by atoms with E-state index in [1.54, 1.807) is 0 Å². The molecule has 5 heteroatoms. The summed E-state index contributed by atoms with van der Waals surface area (Å²) in [5.74, 6) is -0.283. The summed E-state index contributed by atoms with van der Waals surface area (Å²) in [5, 5.41) is 0.